The summed E-state index contributed by atoms with van der Waals surface area (Å²) in [5.74, 6) is 1.27. The Morgan fingerprint density at radius 3 is 2.04 bits per heavy atom. The van der Waals surface area contributed by atoms with E-state index in [1.807, 2.05) is 49.4 Å². The molecule has 0 bridgehead atoms. The number of methoxy groups -OCH3 is 2. The van der Waals surface area contributed by atoms with Gasteiger partial charge in [0.2, 0.25) is 0 Å². The SMILES string of the molecule is COc1cc(C)cc(OC)c1[C@H](N)[C@H](O)Cc1ccccc1.Cl. The summed E-state index contributed by atoms with van der Waals surface area (Å²) in [4.78, 5) is 0. The highest BCUT2D eigenvalue weighted by Gasteiger charge is 2.25. The quantitative estimate of drug-likeness (QED) is 0.850. The van der Waals surface area contributed by atoms with Crippen molar-refractivity contribution < 1.29 is 14.6 Å². The Bertz CT molecular complexity index is 594. The Kier molecular flexibility index (Phi) is 7.36. The van der Waals surface area contributed by atoms with Gasteiger partial charge in [-0.1, -0.05) is 30.3 Å². The molecular formula is C18H24ClNO3. The molecule has 3 N–H and O–H groups in total. The molecule has 23 heavy (non-hydrogen) atoms. The summed E-state index contributed by atoms with van der Waals surface area (Å²) in [6.45, 7) is 1.96. The van der Waals surface area contributed by atoms with Crippen LogP contribution in [0.15, 0.2) is 42.5 Å². The van der Waals surface area contributed by atoms with E-state index in [0.29, 0.717) is 23.5 Å². The van der Waals surface area contributed by atoms with Crippen LogP contribution < -0.4 is 15.2 Å². The van der Waals surface area contributed by atoms with Crippen LogP contribution in [0.25, 0.3) is 0 Å². The maximum Gasteiger partial charge on any atom is 0.127 e. The molecular weight excluding hydrogens is 314 g/mol. The summed E-state index contributed by atoms with van der Waals surface area (Å²) in [6.07, 6.45) is -0.254. The maximum atomic E-state index is 10.5. The average molecular weight is 338 g/mol. The minimum atomic E-state index is -0.729. The van der Waals surface area contributed by atoms with Crippen LogP contribution in [0.3, 0.4) is 0 Å². The highest BCUT2D eigenvalue weighted by Crippen LogP contribution is 2.36. The topological polar surface area (TPSA) is 64.7 Å². The van der Waals surface area contributed by atoms with Gasteiger partial charge in [0.25, 0.3) is 0 Å². The second-order valence-corrected chi connectivity index (χ2v) is 5.37. The van der Waals surface area contributed by atoms with Gasteiger partial charge in [0, 0.05) is 6.42 Å². The highest BCUT2D eigenvalue weighted by molar-refractivity contribution is 5.85. The Hall–Kier alpha value is -1.75. The highest BCUT2D eigenvalue weighted by atomic mass is 35.5. The fraction of sp³-hybridized carbons (Fsp3) is 0.333. The molecule has 4 nitrogen and oxygen atoms in total. The van der Waals surface area contributed by atoms with Crippen LogP contribution in [0.4, 0.5) is 0 Å². The number of hydrogen-bond donors (Lipinski definition) is 2. The minimum absolute atomic E-state index is 0. The van der Waals surface area contributed by atoms with Crippen molar-refractivity contribution >= 4 is 12.4 Å². The van der Waals surface area contributed by atoms with Crippen LogP contribution in [0.5, 0.6) is 11.5 Å². The molecule has 0 saturated heterocycles. The molecule has 126 valence electrons. The molecule has 2 aromatic carbocycles. The van der Waals surface area contributed by atoms with Gasteiger partial charge in [0.1, 0.15) is 11.5 Å². The van der Waals surface area contributed by atoms with Crippen molar-refractivity contribution in [3.05, 3.63) is 59.2 Å². The predicted molar refractivity (Wildman–Crippen MR) is 94.6 cm³/mol. The number of rotatable bonds is 6. The lowest BCUT2D eigenvalue weighted by atomic mass is 9.94. The number of aryl methyl sites for hydroxylation is 1. The van der Waals surface area contributed by atoms with Gasteiger partial charge in [-0.05, 0) is 30.2 Å². The van der Waals surface area contributed by atoms with Crippen molar-refractivity contribution in [3.63, 3.8) is 0 Å². The van der Waals surface area contributed by atoms with E-state index in [1.165, 1.54) is 0 Å². The van der Waals surface area contributed by atoms with Crippen molar-refractivity contribution in [3.8, 4) is 11.5 Å². The summed E-state index contributed by atoms with van der Waals surface area (Å²) in [7, 11) is 3.18. The standard InChI is InChI=1S/C18H23NO3.ClH/c1-12-9-15(21-2)17(16(10-12)22-3)18(19)14(20)11-13-7-5-4-6-8-13;/h4-10,14,18,20H,11,19H2,1-3H3;1H/t14-,18-;/m1./s1. The normalized spacial score (nSPS) is 12.9. The molecule has 5 heteroatoms. The molecule has 0 spiro atoms. The molecule has 0 heterocycles. The van der Waals surface area contributed by atoms with Crippen LogP contribution in [0.1, 0.15) is 22.7 Å². The summed E-state index contributed by atoms with van der Waals surface area (Å²) in [5.41, 5.74) is 9.03. The smallest absolute Gasteiger partial charge is 0.127 e. The summed E-state index contributed by atoms with van der Waals surface area (Å²) >= 11 is 0. The molecule has 2 atom stereocenters. The molecule has 0 saturated carbocycles. The summed E-state index contributed by atoms with van der Waals surface area (Å²) in [6, 6.07) is 13.0. The molecule has 2 rings (SSSR count). The predicted octanol–water partition coefficient (Wildman–Crippen LogP) is 3.04. The third kappa shape index (κ3) is 4.61. The zero-order chi connectivity index (χ0) is 16.1. The third-order valence-corrected chi connectivity index (χ3v) is 3.72. The zero-order valence-electron chi connectivity index (χ0n) is 13.7. The van der Waals surface area contributed by atoms with Gasteiger partial charge in [0.15, 0.2) is 0 Å². The lowest BCUT2D eigenvalue weighted by molar-refractivity contribution is 0.142. The molecule has 0 aliphatic rings. The molecule has 0 aliphatic carbocycles. The first-order valence-electron chi connectivity index (χ1n) is 7.27. The van der Waals surface area contributed by atoms with Gasteiger partial charge in [-0.25, -0.2) is 0 Å². The van der Waals surface area contributed by atoms with E-state index >= 15 is 0 Å². The second kappa shape index (κ2) is 8.77. The number of benzene rings is 2. The maximum absolute atomic E-state index is 10.5. The largest absolute Gasteiger partial charge is 0.496 e. The first-order chi connectivity index (χ1) is 10.6. The minimum Gasteiger partial charge on any atom is -0.496 e. The molecule has 0 fully saturated rings. The summed E-state index contributed by atoms with van der Waals surface area (Å²) in [5, 5.41) is 10.5. The van der Waals surface area contributed by atoms with Crippen LogP contribution in [-0.2, 0) is 6.42 Å². The Morgan fingerprint density at radius 1 is 1.04 bits per heavy atom. The van der Waals surface area contributed by atoms with Crippen molar-refractivity contribution in [1.29, 1.82) is 0 Å². The van der Waals surface area contributed by atoms with E-state index in [2.05, 4.69) is 0 Å². The molecule has 0 aromatic heterocycles. The van der Waals surface area contributed by atoms with Gasteiger partial charge >= 0.3 is 0 Å². The fourth-order valence-electron chi connectivity index (χ4n) is 2.57. The number of hydrogen-bond acceptors (Lipinski definition) is 4. The van der Waals surface area contributed by atoms with E-state index in [9.17, 15) is 5.11 Å². The number of aliphatic hydroxyl groups excluding tert-OH is 1. The summed E-state index contributed by atoms with van der Waals surface area (Å²) < 4.78 is 10.8. The van der Waals surface area contributed by atoms with Gasteiger partial charge in [0.05, 0.1) is 31.9 Å². The molecule has 0 unspecified atom stereocenters. The second-order valence-electron chi connectivity index (χ2n) is 5.37. The first kappa shape index (κ1) is 19.3. The molecule has 0 amide bonds. The van der Waals surface area contributed by atoms with Crippen molar-refractivity contribution in [2.75, 3.05) is 14.2 Å². The Labute approximate surface area is 143 Å². The van der Waals surface area contributed by atoms with Crippen LogP contribution in [0, 0.1) is 6.92 Å². The van der Waals surface area contributed by atoms with Crippen LogP contribution >= 0.6 is 12.4 Å². The van der Waals surface area contributed by atoms with E-state index < -0.39 is 12.1 Å². The molecule has 0 radical (unpaired) electrons. The fourth-order valence-corrected chi connectivity index (χ4v) is 2.57. The van der Waals surface area contributed by atoms with Crippen molar-refractivity contribution in [2.24, 2.45) is 5.73 Å². The molecule has 0 aliphatic heterocycles. The third-order valence-electron chi connectivity index (χ3n) is 3.72. The van der Waals surface area contributed by atoms with Crippen molar-refractivity contribution in [1.82, 2.24) is 0 Å². The van der Waals surface area contributed by atoms with Crippen LogP contribution in [0.2, 0.25) is 0 Å². The van der Waals surface area contributed by atoms with Crippen molar-refractivity contribution in [2.45, 2.75) is 25.5 Å². The van der Waals surface area contributed by atoms with E-state index in [0.717, 1.165) is 11.1 Å². The van der Waals surface area contributed by atoms with E-state index in [-0.39, 0.29) is 12.4 Å². The van der Waals surface area contributed by atoms with Gasteiger partial charge < -0.3 is 20.3 Å². The number of ether oxygens (including phenoxy) is 2. The van der Waals surface area contributed by atoms with Gasteiger partial charge in [-0.3, -0.25) is 0 Å². The zero-order valence-corrected chi connectivity index (χ0v) is 14.5. The van der Waals surface area contributed by atoms with E-state index in [1.54, 1.807) is 14.2 Å². The monoisotopic (exact) mass is 337 g/mol. The average Bonchev–Trinajstić information content (AvgIpc) is 2.54. The van der Waals surface area contributed by atoms with Gasteiger partial charge in [-0.15, -0.1) is 12.4 Å². The Morgan fingerprint density at radius 2 is 1.57 bits per heavy atom. The van der Waals surface area contributed by atoms with E-state index in [4.69, 9.17) is 15.2 Å². The lowest BCUT2D eigenvalue weighted by Crippen LogP contribution is -2.29. The number of aliphatic hydroxyl groups is 1. The van der Waals surface area contributed by atoms with Crippen LogP contribution in [-0.4, -0.2) is 25.4 Å². The molecule has 2 aromatic rings. The lowest BCUT2D eigenvalue weighted by Gasteiger charge is -2.24. The first-order valence-corrected chi connectivity index (χ1v) is 7.27. The van der Waals surface area contributed by atoms with Gasteiger partial charge in [-0.2, -0.15) is 0 Å². The Balaban J connectivity index is 0.00000264. The number of halogens is 1. The number of nitrogens with two attached hydrogens (primary N) is 1.